The Morgan fingerprint density at radius 1 is 0.659 bits per heavy atom. The smallest absolute Gasteiger partial charge is 0.135 e. The fourth-order valence-electron chi connectivity index (χ4n) is 6.10. The van der Waals surface area contributed by atoms with Gasteiger partial charge in [-0.3, -0.25) is 0 Å². The Labute approximate surface area is 241 Å². The molecular formula is C37H34N2O2. The second kappa shape index (κ2) is 10.8. The molecule has 204 valence electrons. The highest BCUT2D eigenvalue weighted by atomic mass is 16.3. The monoisotopic (exact) mass is 538 g/mol. The minimum atomic E-state index is -1.33. The van der Waals surface area contributed by atoms with E-state index in [1.165, 1.54) is 0 Å². The number of hydrogen-bond donors (Lipinski definition) is 2. The van der Waals surface area contributed by atoms with Crippen LogP contribution in [-0.4, -0.2) is 19.8 Å². The molecule has 2 N–H and O–H groups in total. The van der Waals surface area contributed by atoms with Crippen molar-refractivity contribution < 1.29 is 10.2 Å². The molecule has 0 aliphatic heterocycles. The molecule has 1 aromatic heterocycles. The maximum atomic E-state index is 12.5. The number of rotatable bonds is 8. The third-order valence-electron chi connectivity index (χ3n) is 8.30. The molecule has 0 saturated carbocycles. The SMILES string of the molecule is CC(C)C(O)(c1ccc2cc(CO)ccc2c1)c1cn(C(c2ccccc2)(c2ccccc2)c2ccccc2)cn1. The van der Waals surface area contributed by atoms with Gasteiger partial charge in [0.25, 0.3) is 0 Å². The van der Waals surface area contributed by atoms with Crippen LogP contribution in [0.5, 0.6) is 0 Å². The average molecular weight is 539 g/mol. The van der Waals surface area contributed by atoms with Crippen LogP contribution in [0.25, 0.3) is 10.8 Å². The number of imidazole rings is 1. The first-order valence-corrected chi connectivity index (χ1v) is 14.1. The van der Waals surface area contributed by atoms with Gasteiger partial charge in [-0.15, -0.1) is 0 Å². The van der Waals surface area contributed by atoms with Crippen LogP contribution in [0, 0.1) is 5.92 Å². The average Bonchev–Trinajstić information content (AvgIpc) is 3.53. The molecule has 1 unspecified atom stereocenters. The molecule has 1 atom stereocenters. The van der Waals surface area contributed by atoms with E-state index in [4.69, 9.17) is 4.98 Å². The minimum Gasteiger partial charge on any atom is -0.392 e. The van der Waals surface area contributed by atoms with Crippen molar-refractivity contribution in [3.8, 4) is 0 Å². The summed E-state index contributed by atoms with van der Waals surface area (Å²) in [5.41, 5.74) is 3.49. The molecule has 0 amide bonds. The van der Waals surface area contributed by atoms with E-state index in [0.717, 1.165) is 38.6 Å². The largest absolute Gasteiger partial charge is 0.392 e. The van der Waals surface area contributed by atoms with Crippen molar-refractivity contribution in [2.45, 2.75) is 31.6 Å². The number of aromatic nitrogens is 2. The third-order valence-corrected chi connectivity index (χ3v) is 8.30. The summed E-state index contributed by atoms with van der Waals surface area (Å²) in [7, 11) is 0. The third kappa shape index (κ3) is 4.46. The van der Waals surface area contributed by atoms with Gasteiger partial charge in [0.2, 0.25) is 0 Å². The van der Waals surface area contributed by atoms with Crippen molar-refractivity contribution in [2.24, 2.45) is 5.92 Å². The number of benzene rings is 5. The lowest BCUT2D eigenvalue weighted by molar-refractivity contribution is 0.0279. The molecular weight excluding hydrogens is 504 g/mol. The summed E-state index contributed by atoms with van der Waals surface area (Å²) in [4.78, 5) is 4.92. The van der Waals surface area contributed by atoms with Crippen molar-refractivity contribution in [3.63, 3.8) is 0 Å². The van der Waals surface area contributed by atoms with Crippen LogP contribution in [-0.2, 0) is 17.7 Å². The van der Waals surface area contributed by atoms with Crippen LogP contribution in [0.1, 0.15) is 47.4 Å². The highest BCUT2D eigenvalue weighted by Crippen LogP contribution is 2.43. The minimum absolute atomic E-state index is 0.00293. The lowest BCUT2D eigenvalue weighted by atomic mass is 9.76. The van der Waals surface area contributed by atoms with Crippen molar-refractivity contribution in [2.75, 3.05) is 0 Å². The summed E-state index contributed by atoms with van der Waals surface area (Å²) in [5.74, 6) is -0.153. The fraction of sp³-hybridized carbons (Fsp3) is 0.162. The Kier molecular flexibility index (Phi) is 7.04. The van der Waals surface area contributed by atoms with Crippen LogP contribution < -0.4 is 0 Å². The molecule has 0 saturated heterocycles. The highest BCUT2D eigenvalue weighted by molar-refractivity contribution is 5.84. The van der Waals surface area contributed by atoms with Crippen LogP contribution in [0.2, 0.25) is 0 Å². The number of aliphatic hydroxyl groups excluding tert-OH is 1. The molecule has 0 aliphatic rings. The van der Waals surface area contributed by atoms with Crippen molar-refractivity contribution in [1.29, 1.82) is 0 Å². The van der Waals surface area contributed by atoms with Crippen molar-refractivity contribution in [3.05, 3.63) is 173 Å². The van der Waals surface area contributed by atoms with Gasteiger partial charge < -0.3 is 14.8 Å². The van der Waals surface area contributed by atoms with Gasteiger partial charge in [-0.1, -0.05) is 129 Å². The zero-order valence-corrected chi connectivity index (χ0v) is 23.4. The molecule has 0 aliphatic carbocycles. The first-order chi connectivity index (χ1) is 20.0. The van der Waals surface area contributed by atoms with Gasteiger partial charge in [0.1, 0.15) is 11.1 Å². The van der Waals surface area contributed by atoms with Gasteiger partial charge in [-0.05, 0) is 56.6 Å². The van der Waals surface area contributed by atoms with E-state index in [9.17, 15) is 10.2 Å². The molecule has 4 heteroatoms. The molecule has 0 fully saturated rings. The van der Waals surface area contributed by atoms with Gasteiger partial charge in [-0.2, -0.15) is 0 Å². The molecule has 0 bridgehead atoms. The molecule has 6 rings (SSSR count). The Hall–Kier alpha value is -4.51. The number of hydrogen-bond acceptors (Lipinski definition) is 3. The number of fused-ring (bicyclic) bond motifs is 1. The topological polar surface area (TPSA) is 58.3 Å². The van der Waals surface area contributed by atoms with Crippen LogP contribution in [0.3, 0.4) is 0 Å². The van der Waals surface area contributed by atoms with Crippen LogP contribution in [0.15, 0.2) is 140 Å². The summed E-state index contributed by atoms with van der Waals surface area (Å²) in [5, 5.41) is 24.1. The standard InChI is InChI=1S/C37H34N2O2/c1-27(2)37(41,34-21-20-29-22-28(25-40)18-19-30(29)23-34)35-24-39(26-38-35)36(31-12-6-3-7-13-31,32-14-8-4-9-15-32)33-16-10-5-11-17-33/h3-24,26-27,40-41H,25H2,1-2H3. The Morgan fingerprint density at radius 3 is 1.68 bits per heavy atom. The Balaban J connectivity index is 1.57. The zero-order valence-electron chi connectivity index (χ0n) is 23.4. The van der Waals surface area contributed by atoms with Gasteiger partial charge >= 0.3 is 0 Å². The predicted octanol–water partition coefficient (Wildman–Crippen LogP) is 7.26. The fourth-order valence-corrected chi connectivity index (χ4v) is 6.10. The van der Waals surface area contributed by atoms with Crippen LogP contribution in [0.4, 0.5) is 0 Å². The lowest BCUT2D eigenvalue weighted by Gasteiger charge is -2.37. The summed E-state index contributed by atoms with van der Waals surface area (Å²) >= 11 is 0. The quantitative estimate of drug-likeness (QED) is 0.201. The van der Waals surface area contributed by atoms with Crippen molar-refractivity contribution in [1.82, 2.24) is 9.55 Å². The molecule has 6 aromatic rings. The van der Waals surface area contributed by atoms with Crippen LogP contribution >= 0.6 is 0 Å². The predicted molar refractivity (Wildman–Crippen MR) is 165 cm³/mol. The Morgan fingerprint density at radius 2 is 1.17 bits per heavy atom. The normalized spacial score (nSPS) is 13.4. The van der Waals surface area contributed by atoms with Gasteiger partial charge in [-0.25, -0.2) is 4.98 Å². The second-order valence-corrected chi connectivity index (χ2v) is 11.0. The molecule has 41 heavy (non-hydrogen) atoms. The number of nitrogens with zero attached hydrogens (tertiary/aromatic N) is 2. The summed E-state index contributed by atoms with van der Waals surface area (Å²) in [6, 6.07) is 43.3. The van der Waals surface area contributed by atoms with E-state index in [-0.39, 0.29) is 12.5 Å². The molecule has 1 heterocycles. The molecule has 5 aromatic carbocycles. The first kappa shape index (κ1) is 26.7. The van der Waals surface area contributed by atoms with E-state index in [1.54, 1.807) is 0 Å². The van der Waals surface area contributed by atoms with E-state index in [2.05, 4.69) is 77.4 Å². The zero-order chi connectivity index (χ0) is 28.5. The highest BCUT2D eigenvalue weighted by Gasteiger charge is 2.42. The first-order valence-electron chi connectivity index (χ1n) is 14.1. The maximum Gasteiger partial charge on any atom is 0.135 e. The molecule has 4 nitrogen and oxygen atoms in total. The van der Waals surface area contributed by atoms with E-state index < -0.39 is 11.1 Å². The maximum absolute atomic E-state index is 12.5. The van der Waals surface area contributed by atoms with E-state index >= 15 is 0 Å². The molecule has 0 radical (unpaired) electrons. The summed E-state index contributed by atoms with van der Waals surface area (Å²) in [6.45, 7) is 4.05. The van der Waals surface area contributed by atoms with E-state index in [1.807, 2.05) is 81.0 Å². The summed E-state index contributed by atoms with van der Waals surface area (Å²) < 4.78 is 2.14. The van der Waals surface area contributed by atoms with Gasteiger partial charge in [0, 0.05) is 6.20 Å². The van der Waals surface area contributed by atoms with Gasteiger partial charge in [0.15, 0.2) is 0 Å². The summed E-state index contributed by atoms with van der Waals surface area (Å²) in [6.07, 6.45) is 3.86. The molecule has 0 spiro atoms. The second-order valence-electron chi connectivity index (χ2n) is 11.0. The Bertz CT molecular complexity index is 1660. The lowest BCUT2D eigenvalue weighted by Crippen LogP contribution is -2.37. The number of aliphatic hydroxyl groups is 2. The van der Waals surface area contributed by atoms with E-state index in [0.29, 0.717) is 5.69 Å². The van der Waals surface area contributed by atoms with Gasteiger partial charge in [0.05, 0.1) is 18.6 Å². The van der Waals surface area contributed by atoms with Crippen molar-refractivity contribution >= 4 is 10.8 Å².